The number of nitrogens with zero attached hydrogens (tertiary/aromatic N) is 1. The number of ether oxygens (including phenoxy) is 1. The molecule has 1 aromatic rings. The summed E-state index contributed by atoms with van der Waals surface area (Å²) in [6.45, 7) is 2.83. The van der Waals surface area contributed by atoms with E-state index in [1.54, 1.807) is 13.2 Å². The number of carbonyl (C=O) groups excluding carboxylic acids is 1. The number of halogens is 1. The molecule has 3 N–H and O–H groups in total. The van der Waals surface area contributed by atoms with Crippen LogP contribution in [0.1, 0.15) is 42.4 Å². The van der Waals surface area contributed by atoms with Crippen molar-refractivity contribution < 1.29 is 14.1 Å². The predicted molar refractivity (Wildman–Crippen MR) is 74.3 cm³/mol. The summed E-state index contributed by atoms with van der Waals surface area (Å²) in [6.07, 6.45) is 2.99. The molecule has 1 heterocycles. The smallest absolute Gasteiger partial charge is 0.273 e. The Morgan fingerprint density at radius 2 is 2.37 bits per heavy atom. The number of aromatic nitrogens is 1. The van der Waals surface area contributed by atoms with Crippen molar-refractivity contribution in [3.05, 3.63) is 17.5 Å². The Morgan fingerprint density at radius 1 is 1.63 bits per heavy atom. The van der Waals surface area contributed by atoms with Crippen LogP contribution in [0, 0.1) is 0 Å². The van der Waals surface area contributed by atoms with Crippen LogP contribution in [0.15, 0.2) is 10.6 Å². The van der Waals surface area contributed by atoms with Crippen LogP contribution in [0.2, 0.25) is 0 Å². The van der Waals surface area contributed by atoms with Gasteiger partial charge in [0.15, 0.2) is 11.5 Å². The van der Waals surface area contributed by atoms with Gasteiger partial charge in [-0.05, 0) is 6.42 Å². The van der Waals surface area contributed by atoms with E-state index >= 15 is 0 Å². The first-order valence-electron chi connectivity index (χ1n) is 6.16. The standard InChI is InChI=1S/C12H21N3O3.ClH/c1-3-4-5-9(7-13)14-12(16)11-6-10(8-17-2)18-15-11;/h6,9H,3-5,7-8,13H2,1-2H3,(H,14,16);1H. The fourth-order valence-electron chi connectivity index (χ4n) is 1.59. The molecule has 19 heavy (non-hydrogen) atoms. The zero-order valence-electron chi connectivity index (χ0n) is 11.3. The predicted octanol–water partition coefficient (Wildman–Crippen LogP) is 1.49. The Hall–Kier alpha value is -1.11. The van der Waals surface area contributed by atoms with Gasteiger partial charge < -0.3 is 20.3 Å². The minimum atomic E-state index is -0.257. The first-order valence-corrected chi connectivity index (χ1v) is 6.16. The minimum Gasteiger partial charge on any atom is -0.377 e. The number of hydrogen-bond acceptors (Lipinski definition) is 5. The van der Waals surface area contributed by atoms with Gasteiger partial charge in [0.2, 0.25) is 0 Å². The van der Waals surface area contributed by atoms with Crippen LogP contribution >= 0.6 is 12.4 Å². The Bertz CT molecular complexity index is 371. The third-order valence-electron chi connectivity index (χ3n) is 2.60. The van der Waals surface area contributed by atoms with Gasteiger partial charge in [0.1, 0.15) is 6.61 Å². The molecule has 110 valence electrons. The summed E-state index contributed by atoms with van der Waals surface area (Å²) < 4.78 is 9.85. The summed E-state index contributed by atoms with van der Waals surface area (Å²) in [6, 6.07) is 1.56. The normalized spacial score (nSPS) is 11.7. The molecule has 0 aliphatic rings. The van der Waals surface area contributed by atoms with Gasteiger partial charge in [-0.3, -0.25) is 4.79 Å². The van der Waals surface area contributed by atoms with Crippen molar-refractivity contribution in [1.29, 1.82) is 0 Å². The molecule has 0 aliphatic heterocycles. The quantitative estimate of drug-likeness (QED) is 0.757. The second-order valence-electron chi connectivity index (χ2n) is 4.16. The molecule has 0 spiro atoms. The maximum Gasteiger partial charge on any atom is 0.273 e. The van der Waals surface area contributed by atoms with Crippen molar-refractivity contribution in [2.24, 2.45) is 5.73 Å². The van der Waals surface area contributed by atoms with Crippen LogP contribution in [0.5, 0.6) is 0 Å². The molecule has 1 amide bonds. The average Bonchev–Trinajstić information content (AvgIpc) is 2.83. The molecular weight excluding hydrogens is 270 g/mol. The summed E-state index contributed by atoms with van der Waals surface area (Å²) in [5.74, 6) is 0.271. The van der Waals surface area contributed by atoms with Gasteiger partial charge in [0.25, 0.3) is 5.91 Å². The Morgan fingerprint density at radius 3 is 2.95 bits per heavy atom. The van der Waals surface area contributed by atoms with Crippen molar-refractivity contribution in [3.63, 3.8) is 0 Å². The number of hydrogen-bond donors (Lipinski definition) is 2. The summed E-state index contributed by atoms with van der Waals surface area (Å²) in [7, 11) is 1.55. The third-order valence-corrected chi connectivity index (χ3v) is 2.60. The second-order valence-corrected chi connectivity index (χ2v) is 4.16. The maximum absolute atomic E-state index is 11.9. The fourth-order valence-corrected chi connectivity index (χ4v) is 1.59. The molecule has 0 bridgehead atoms. The SMILES string of the molecule is CCCCC(CN)NC(=O)c1cc(COC)on1.Cl. The lowest BCUT2D eigenvalue weighted by Crippen LogP contribution is -2.40. The number of amides is 1. The van der Waals surface area contributed by atoms with Crippen molar-refractivity contribution in [2.45, 2.75) is 38.8 Å². The monoisotopic (exact) mass is 291 g/mol. The lowest BCUT2D eigenvalue weighted by atomic mass is 10.1. The molecule has 0 radical (unpaired) electrons. The molecule has 0 saturated heterocycles. The van der Waals surface area contributed by atoms with Gasteiger partial charge in [0.05, 0.1) is 0 Å². The molecule has 1 rings (SSSR count). The maximum atomic E-state index is 11.9. The van der Waals surface area contributed by atoms with Gasteiger partial charge >= 0.3 is 0 Å². The highest BCUT2D eigenvalue weighted by Gasteiger charge is 2.16. The zero-order chi connectivity index (χ0) is 13.4. The molecular formula is C12H22ClN3O3. The molecule has 7 heteroatoms. The summed E-state index contributed by atoms with van der Waals surface area (Å²) in [5, 5.41) is 6.54. The van der Waals surface area contributed by atoms with Crippen molar-refractivity contribution in [1.82, 2.24) is 10.5 Å². The molecule has 0 aliphatic carbocycles. The molecule has 0 aromatic carbocycles. The number of rotatable bonds is 8. The lowest BCUT2D eigenvalue weighted by molar-refractivity contribution is 0.0926. The highest BCUT2D eigenvalue weighted by atomic mass is 35.5. The first kappa shape index (κ1) is 17.9. The largest absolute Gasteiger partial charge is 0.377 e. The Labute approximate surface area is 119 Å². The third kappa shape index (κ3) is 6.04. The van der Waals surface area contributed by atoms with Crippen LogP contribution in [0.25, 0.3) is 0 Å². The Balaban J connectivity index is 0.00000324. The van der Waals surface area contributed by atoms with Crippen LogP contribution in [-0.4, -0.2) is 30.8 Å². The van der Waals surface area contributed by atoms with Gasteiger partial charge in [-0.25, -0.2) is 0 Å². The van der Waals surface area contributed by atoms with E-state index in [0.717, 1.165) is 19.3 Å². The number of nitrogens with one attached hydrogen (secondary N) is 1. The lowest BCUT2D eigenvalue weighted by Gasteiger charge is -2.15. The van der Waals surface area contributed by atoms with Gasteiger partial charge in [-0.15, -0.1) is 12.4 Å². The number of unbranched alkanes of at least 4 members (excludes halogenated alkanes) is 1. The average molecular weight is 292 g/mol. The van der Waals surface area contributed by atoms with E-state index in [-0.39, 0.29) is 30.0 Å². The summed E-state index contributed by atoms with van der Waals surface area (Å²) >= 11 is 0. The van der Waals surface area contributed by atoms with E-state index < -0.39 is 0 Å². The van der Waals surface area contributed by atoms with E-state index in [1.807, 2.05) is 0 Å². The topological polar surface area (TPSA) is 90.4 Å². The van der Waals surface area contributed by atoms with E-state index in [1.165, 1.54) is 0 Å². The molecule has 0 fully saturated rings. The zero-order valence-corrected chi connectivity index (χ0v) is 12.2. The Kier molecular flexibility index (Phi) is 9.20. The van der Waals surface area contributed by atoms with Crippen LogP contribution < -0.4 is 11.1 Å². The number of nitrogens with two attached hydrogens (primary N) is 1. The van der Waals surface area contributed by atoms with E-state index in [9.17, 15) is 4.79 Å². The molecule has 1 atom stereocenters. The number of carbonyl (C=O) groups is 1. The molecule has 0 saturated carbocycles. The van der Waals surface area contributed by atoms with Gasteiger partial charge in [-0.2, -0.15) is 0 Å². The van der Waals surface area contributed by atoms with Crippen LogP contribution in [-0.2, 0) is 11.3 Å². The molecule has 1 unspecified atom stereocenters. The first-order chi connectivity index (χ1) is 8.71. The van der Waals surface area contributed by atoms with E-state index in [4.69, 9.17) is 15.0 Å². The van der Waals surface area contributed by atoms with Crippen molar-refractivity contribution in [2.75, 3.05) is 13.7 Å². The van der Waals surface area contributed by atoms with Gasteiger partial charge in [-0.1, -0.05) is 24.9 Å². The van der Waals surface area contributed by atoms with Crippen molar-refractivity contribution in [3.8, 4) is 0 Å². The summed E-state index contributed by atoms with van der Waals surface area (Å²) in [4.78, 5) is 11.9. The summed E-state index contributed by atoms with van der Waals surface area (Å²) in [5.41, 5.74) is 5.88. The minimum absolute atomic E-state index is 0. The molecule has 1 aromatic heterocycles. The van der Waals surface area contributed by atoms with E-state index in [2.05, 4.69) is 17.4 Å². The second kappa shape index (κ2) is 9.77. The van der Waals surface area contributed by atoms with Crippen LogP contribution in [0.4, 0.5) is 0 Å². The number of methoxy groups -OCH3 is 1. The van der Waals surface area contributed by atoms with Crippen molar-refractivity contribution >= 4 is 18.3 Å². The highest BCUT2D eigenvalue weighted by Crippen LogP contribution is 2.06. The molecule has 6 nitrogen and oxygen atoms in total. The van der Waals surface area contributed by atoms with E-state index in [0.29, 0.717) is 18.9 Å². The van der Waals surface area contributed by atoms with Crippen LogP contribution in [0.3, 0.4) is 0 Å². The highest BCUT2D eigenvalue weighted by molar-refractivity contribution is 5.92. The fraction of sp³-hybridized carbons (Fsp3) is 0.667. The van der Waals surface area contributed by atoms with Gasteiger partial charge in [0, 0.05) is 25.8 Å².